The molecule has 0 bridgehead atoms. The maximum Gasteiger partial charge on any atom is 0.329 e. The molecule has 1 heterocycles. The summed E-state index contributed by atoms with van der Waals surface area (Å²) in [6.45, 7) is 1.36. The Morgan fingerprint density at radius 1 is 1.39 bits per heavy atom. The van der Waals surface area contributed by atoms with E-state index in [1.807, 2.05) is 0 Å². The summed E-state index contributed by atoms with van der Waals surface area (Å²) in [5, 5.41) is 14.1. The van der Waals surface area contributed by atoms with Crippen molar-refractivity contribution >= 4 is 12.0 Å². The quantitative estimate of drug-likeness (QED) is 0.629. The Morgan fingerprint density at radius 3 is 2.56 bits per heavy atom. The highest BCUT2D eigenvalue weighted by Gasteiger charge is 2.51. The smallest absolute Gasteiger partial charge is 0.329 e. The monoisotopic (exact) mass is 258 g/mol. The topological polar surface area (TPSA) is 96.9 Å². The molecule has 0 aromatic rings. The molecule has 0 radical (unpaired) electrons. The molecule has 0 spiro atoms. The number of methoxy groups -OCH3 is 1. The number of ether oxygens (including phenoxy) is 2. The van der Waals surface area contributed by atoms with Crippen molar-refractivity contribution in [3.8, 4) is 0 Å². The van der Waals surface area contributed by atoms with Crippen LogP contribution in [0.2, 0.25) is 0 Å². The van der Waals surface area contributed by atoms with E-state index in [1.54, 1.807) is 7.11 Å². The van der Waals surface area contributed by atoms with Gasteiger partial charge in [0.05, 0.1) is 13.2 Å². The van der Waals surface area contributed by atoms with Gasteiger partial charge in [-0.1, -0.05) is 0 Å². The van der Waals surface area contributed by atoms with Gasteiger partial charge in [-0.25, -0.2) is 9.59 Å². The van der Waals surface area contributed by atoms with Crippen LogP contribution in [-0.4, -0.2) is 55.1 Å². The van der Waals surface area contributed by atoms with Crippen LogP contribution in [0.3, 0.4) is 0 Å². The second-order valence-corrected chi connectivity index (χ2v) is 4.88. The number of rotatable bonds is 5. The van der Waals surface area contributed by atoms with Crippen LogP contribution < -0.4 is 10.6 Å². The molecule has 102 valence electrons. The Morgan fingerprint density at radius 2 is 2.11 bits per heavy atom. The lowest BCUT2D eigenvalue weighted by Gasteiger charge is -2.26. The van der Waals surface area contributed by atoms with Gasteiger partial charge in [-0.05, 0) is 12.8 Å². The van der Waals surface area contributed by atoms with E-state index < -0.39 is 23.1 Å². The molecule has 1 aliphatic carbocycles. The maximum atomic E-state index is 11.6. The van der Waals surface area contributed by atoms with E-state index in [1.165, 1.54) is 0 Å². The molecule has 1 unspecified atom stereocenters. The summed E-state index contributed by atoms with van der Waals surface area (Å²) < 4.78 is 10.6. The Bertz CT molecular complexity index is 347. The number of hydrogen-bond donors (Lipinski definition) is 3. The van der Waals surface area contributed by atoms with Gasteiger partial charge in [-0.3, -0.25) is 0 Å². The molecule has 0 aromatic carbocycles. The Hall–Kier alpha value is -1.34. The van der Waals surface area contributed by atoms with Crippen LogP contribution in [0, 0.1) is 0 Å². The summed E-state index contributed by atoms with van der Waals surface area (Å²) in [7, 11) is 1.58. The van der Waals surface area contributed by atoms with Gasteiger partial charge >= 0.3 is 12.0 Å². The predicted octanol–water partition coefficient (Wildman–Crippen LogP) is -0.292. The third-order valence-corrected chi connectivity index (χ3v) is 3.58. The highest BCUT2D eigenvalue weighted by molar-refractivity contribution is 5.88. The summed E-state index contributed by atoms with van der Waals surface area (Å²) in [6, 6.07) is -0.474. The van der Waals surface area contributed by atoms with Crippen molar-refractivity contribution in [3.63, 3.8) is 0 Å². The van der Waals surface area contributed by atoms with Crippen LogP contribution in [0.5, 0.6) is 0 Å². The van der Waals surface area contributed by atoms with Gasteiger partial charge in [0.2, 0.25) is 0 Å². The molecule has 0 aromatic heterocycles. The van der Waals surface area contributed by atoms with Crippen LogP contribution >= 0.6 is 0 Å². The molecule has 1 atom stereocenters. The second-order valence-electron chi connectivity index (χ2n) is 4.88. The van der Waals surface area contributed by atoms with Crippen molar-refractivity contribution in [2.24, 2.45) is 0 Å². The lowest BCUT2D eigenvalue weighted by Crippen LogP contribution is -2.52. The number of aliphatic carboxylic acids is 1. The van der Waals surface area contributed by atoms with Gasteiger partial charge in [0.15, 0.2) is 0 Å². The van der Waals surface area contributed by atoms with Crippen molar-refractivity contribution in [1.29, 1.82) is 0 Å². The minimum atomic E-state index is -1.06. The Kier molecular flexibility index (Phi) is 3.45. The van der Waals surface area contributed by atoms with Crippen LogP contribution in [0.4, 0.5) is 4.79 Å². The van der Waals surface area contributed by atoms with Gasteiger partial charge in [-0.2, -0.15) is 0 Å². The van der Waals surface area contributed by atoms with Crippen molar-refractivity contribution in [3.05, 3.63) is 0 Å². The van der Waals surface area contributed by atoms with Crippen LogP contribution in [0.1, 0.15) is 19.3 Å². The molecule has 1 aliphatic heterocycles. The molecule has 3 N–H and O–H groups in total. The SMILES string of the molecule is COC1(CNC(=O)NC2(C(=O)O)CC2)CCOC1. The molecular formula is C11H18N2O5. The van der Waals surface area contributed by atoms with Gasteiger partial charge in [0, 0.05) is 20.1 Å². The van der Waals surface area contributed by atoms with E-state index in [0.717, 1.165) is 0 Å². The summed E-state index contributed by atoms with van der Waals surface area (Å²) in [6.07, 6.45) is 1.68. The molecule has 18 heavy (non-hydrogen) atoms. The van der Waals surface area contributed by atoms with Gasteiger partial charge < -0.3 is 25.2 Å². The van der Waals surface area contributed by atoms with Gasteiger partial charge in [-0.15, -0.1) is 0 Å². The third kappa shape index (κ3) is 2.56. The van der Waals surface area contributed by atoms with Gasteiger partial charge in [0.25, 0.3) is 0 Å². The van der Waals surface area contributed by atoms with Crippen LogP contribution in [0.15, 0.2) is 0 Å². The first kappa shape index (κ1) is 13.1. The molecular weight excluding hydrogens is 240 g/mol. The van der Waals surface area contributed by atoms with Gasteiger partial charge in [0.1, 0.15) is 11.1 Å². The zero-order valence-electron chi connectivity index (χ0n) is 10.3. The van der Waals surface area contributed by atoms with E-state index in [-0.39, 0.29) is 0 Å². The first-order chi connectivity index (χ1) is 8.52. The Balaban J connectivity index is 1.80. The summed E-state index contributed by atoms with van der Waals surface area (Å²) in [5.74, 6) is -0.983. The summed E-state index contributed by atoms with van der Waals surface area (Å²) in [5.41, 5.74) is -1.55. The van der Waals surface area contributed by atoms with Crippen LogP contribution in [-0.2, 0) is 14.3 Å². The molecule has 2 fully saturated rings. The lowest BCUT2D eigenvalue weighted by molar-refractivity contribution is -0.140. The Labute approximate surface area is 105 Å². The molecule has 2 aliphatic rings. The lowest BCUT2D eigenvalue weighted by atomic mass is 10.0. The number of amides is 2. The van der Waals surface area contributed by atoms with E-state index in [9.17, 15) is 9.59 Å². The fraction of sp³-hybridized carbons (Fsp3) is 0.818. The standard InChI is InChI=1S/C11H18N2O5/c1-17-10(4-5-18-7-10)6-12-9(16)13-11(2-3-11)8(14)15/h2-7H2,1H3,(H,14,15)(H2,12,13,16). The predicted molar refractivity (Wildman–Crippen MR) is 61.3 cm³/mol. The van der Waals surface area contributed by atoms with E-state index in [2.05, 4.69) is 10.6 Å². The second kappa shape index (κ2) is 4.74. The normalized spacial score (nSPS) is 28.7. The van der Waals surface area contributed by atoms with Crippen molar-refractivity contribution in [2.45, 2.75) is 30.4 Å². The van der Waals surface area contributed by atoms with Crippen LogP contribution in [0.25, 0.3) is 0 Å². The number of carbonyl (C=O) groups excluding carboxylic acids is 1. The highest BCUT2D eigenvalue weighted by atomic mass is 16.5. The molecule has 2 rings (SSSR count). The van der Waals surface area contributed by atoms with E-state index >= 15 is 0 Å². The summed E-state index contributed by atoms with van der Waals surface area (Å²) in [4.78, 5) is 22.5. The fourth-order valence-electron chi connectivity index (χ4n) is 1.98. The molecule has 7 heteroatoms. The first-order valence-corrected chi connectivity index (χ1v) is 5.94. The number of carbonyl (C=O) groups is 2. The van der Waals surface area contributed by atoms with E-state index in [0.29, 0.717) is 39.0 Å². The average molecular weight is 258 g/mol. The minimum absolute atomic E-state index is 0.311. The average Bonchev–Trinajstić information content (AvgIpc) is 2.98. The van der Waals surface area contributed by atoms with Crippen molar-refractivity contribution in [2.75, 3.05) is 26.9 Å². The number of carboxylic acid groups (broad SMARTS) is 1. The fourth-order valence-corrected chi connectivity index (χ4v) is 1.98. The van der Waals surface area contributed by atoms with Crippen molar-refractivity contribution in [1.82, 2.24) is 10.6 Å². The number of hydrogen-bond acceptors (Lipinski definition) is 4. The molecule has 1 saturated carbocycles. The molecule has 7 nitrogen and oxygen atoms in total. The minimum Gasteiger partial charge on any atom is -0.480 e. The largest absolute Gasteiger partial charge is 0.480 e. The molecule has 1 saturated heterocycles. The number of nitrogens with one attached hydrogen (secondary N) is 2. The first-order valence-electron chi connectivity index (χ1n) is 5.94. The zero-order valence-corrected chi connectivity index (χ0v) is 10.3. The molecule has 2 amide bonds. The third-order valence-electron chi connectivity index (χ3n) is 3.58. The highest BCUT2D eigenvalue weighted by Crippen LogP contribution is 2.35. The zero-order chi connectivity index (χ0) is 13.2. The maximum absolute atomic E-state index is 11.6. The summed E-state index contributed by atoms with van der Waals surface area (Å²) >= 11 is 0. The van der Waals surface area contributed by atoms with E-state index in [4.69, 9.17) is 14.6 Å². The number of carboxylic acids is 1. The number of urea groups is 1. The van der Waals surface area contributed by atoms with Crippen molar-refractivity contribution < 1.29 is 24.2 Å².